The second-order valence-electron chi connectivity index (χ2n) is 4.10. The molecule has 0 aliphatic rings. The Bertz CT molecular complexity index is 605. The fourth-order valence-corrected chi connectivity index (χ4v) is 1.75. The predicted octanol–water partition coefficient (Wildman–Crippen LogP) is 0.854. The molecule has 0 aliphatic heterocycles. The van der Waals surface area contributed by atoms with Crippen molar-refractivity contribution < 1.29 is 0 Å². The molecule has 17 heavy (non-hydrogen) atoms. The molecule has 0 unspecified atom stereocenters. The largest absolute Gasteiger partial charge is 0.323 e. The van der Waals surface area contributed by atoms with Gasteiger partial charge in [-0.25, -0.2) is 4.79 Å². The topological polar surface area (TPSA) is 75.7 Å². The highest BCUT2D eigenvalue weighted by molar-refractivity contribution is 5.74. The smallest absolute Gasteiger partial charge is 0.306 e. The van der Waals surface area contributed by atoms with Crippen LogP contribution in [0.2, 0.25) is 0 Å². The summed E-state index contributed by atoms with van der Waals surface area (Å²) in [4.78, 5) is 18.5. The number of aromatic amines is 2. The van der Waals surface area contributed by atoms with Crippen LogP contribution in [-0.2, 0) is 6.42 Å². The molecule has 0 bridgehead atoms. The first kappa shape index (κ1) is 11.4. The molecule has 1 aromatic heterocycles. The van der Waals surface area contributed by atoms with Crippen molar-refractivity contribution in [3.63, 3.8) is 0 Å². The van der Waals surface area contributed by atoms with E-state index in [4.69, 9.17) is 5.26 Å². The van der Waals surface area contributed by atoms with Crippen LogP contribution >= 0.6 is 0 Å². The van der Waals surface area contributed by atoms with Crippen molar-refractivity contribution in [2.45, 2.75) is 6.42 Å². The van der Waals surface area contributed by atoms with Crippen LogP contribution in [0.4, 0.5) is 0 Å². The lowest BCUT2D eigenvalue weighted by atomic mass is 10.1. The maximum Gasteiger partial charge on any atom is 0.323 e. The predicted molar refractivity (Wildman–Crippen MR) is 65.7 cm³/mol. The van der Waals surface area contributed by atoms with Crippen LogP contribution in [-0.4, -0.2) is 35.0 Å². The van der Waals surface area contributed by atoms with Crippen LogP contribution < -0.4 is 5.69 Å². The Morgan fingerprint density at radius 3 is 2.88 bits per heavy atom. The summed E-state index contributed by atoms with van der Waals surface area (Å²) >= 11 is 0. The van der Waals surface area contributed by atoms with Gasteiger partial charge in [0.25, 0.3) is 0 Å². The van der Waals surface area contributed by atoms with E-state index in [1.54, 1.807) is 0 Å². The minimum atomic E-state index is -0.182. The van der Waals surface area contributed by atoms with Crippen molar-refractivity contribution in [2.24, 2.45) is 0 Å². The van der Waals surface area contributed by atoms with Gasteiger partial charge in [-0.3, -0.25) is 4.90 Å². The average Bonchev–Trinajstić information content (AvgIpc) is 2.66. The lowest BCUT2D eigenvalue weighted by Crippen LogP contribution is -2.21. The lowest BCUT2D eigenvalue weighted by Gasteiger charge is -2.11. The summed E-state index contributed by atoms with van der Waals surface area (Å²) < 4.78 is 0. The molecule has 5 nitrogen and oxygen atoms in total. The van der Waals surface area contributed by atoms with Crippen molar-refractivity contribution in [1.82, 2.24) is 14.9 Å². The van der Waals surface area contributed by atoms with Crippen LogP contribution in [0.5, 0.6) is 0 Å². The number of nitrogens with zero attached hydrogens (tertiary/aromatic N) is 2. The third-order valence-electron chi connectivity index (χ3n) is 2.70. The van der Waals surface area contributed by atoms with Crippen LogP contribution in [0.3, 0.4) is 0 Å². The first-order valence-electron chi connectivity index (χ1n) is 5.45. The SMILES string of the molecule is CN(CC#N)CCc1ccc2[nH]c(=O)[nH]c2c1. The van der Waals surface area contributed by atoms with Gasteiger partial charge in [0.05, 0.1) is 23.6 Å². The number of likely N-dealkylation sites (N-methyl/N-ethyl adjacent to an activating group) is 1. The van der Waals surface area contributed by atoms with Gasteiger partial charge in [0.15, 0.2) is 0 Å². The van der Waals surface area contributed by atoms with Gasteiger partial charge in [-0.05, 0) is 31.2 Å². The molecule has 0 atom stereocenters. The second-order valence-corrected chi connectivity index (χ2v) is 4.10. The third kappa shape index (κ3) is 2.74. The number of hydrogen-bond acceptors (Lipinski definition) is 3. The molecule has 5 heteroatoms. The zero-order valence-corrected chi connectivity index (χ0v) is 9.66. The number of H-pyrrole nitrogens is 2. The molecule has 0 fully saturated rings. The van der Waals surface area contributed by atoms with E-state index in [1.807, 2.05) is 30.1 Å². The Kier molecular flexibility index (Phi) is 3.26. The van der Waals surface area contributed by atoms with Crippen molar-refractivity contribution in [2.75, 3.05) is 20.1 Å². The lowest BCUT2D eigenvalue weighted by molar-refractivity contribution is 0.379. The van der Waals surface area contributed by atoms with E-state index in [9.17, 15) is 4.79 Å². The number of nitrogens with one attached hydrogen (secondary N) is 2. The van der Waals surface area contributed by atoms with Crippen molar-refractivity contribution in [3.05, 3.63) is 34.2 Å². The van der Waals surface area contributed by atoms with Crippen molar-refractivity contribution in [1.29, 1.82) is 5.26 Å². The number of hydrogen-bond donors (Lipinski definition) is 2. The molecule has 2 aromatic rings. The van der Waals surface area contributed by atoms with Gasteiger partial charge in [-0.1, -0.05) is 6.07 Å². The molecule has 0 amide bonds. The summed E-state index contributed by atoms with van der Waals surface area (Å²) in [6.07, 6.45) is 0.862. The molecule has 0 aliphatic carbocycles. The van der Waals surface area contributed by atoms with E-state index in [1.165, 1.54) is 0 Å². The van der Waals surface area contributed by atoms with Gasteiger partial charge in [-0.15, -0.1) is 0 Å². The van der Waals surface area contributed by atoms with Gasteiger partial charge in [0.2, 0.25) is 0 Å². The van der Waals surface area contributed by atoms with E-state index in [2.05, 4.69) is 16.0 Å². The first-order chi connectivity index (χ1) is 8.19. The zero-order chi connectivity index (χ0) is 12.3. The number of aromatic nitrogens is 2. The molecular weight excluding hydrogens is 216 g/mol. The Morgan fingerprint density at radius 1 is 1.35 bits per heavy atom. The molecule has 2 N–H and O–H groups in total. The zero-order valence-electron chi connectivity index (χ0n) is 9.66. The third-order valence-corrected chi connectivity index (χ3v) is 2.70. The number of rotatable bonds is 4. The fraction of sp³-hybridized carbons (Fsp3) is 0.333. The summed E-state index contributed by atoms with van der Waals surface area (Å²) in [5, 5.41) is 8.54. The van der Waals surface area contributed by atoms with Crippen molar-refractivity contribution in [3.8, 4) is 6.07 Å². The Balaban J connectivity index is 2.09. The Morgan fingerprint density at radius 2 is 2.12 bits per heavy atom. The molecule has 1 heterocycles. The van der Waals surface area contributed by atoms with Gasteiger partial charge in [0, 0.05) is 6.54 Å². The fourth-order valence-electron chi connectivity index (χ4n) is 1.75. The van der Waals surface area contributed by atoms with E-state index in [0.29, 0.717) is 6.54 Å². The average molecular weight is 230 g/mol. The minimum Gasteiger partial charge on any atom is -0.306 e. The molecule has 2 rings (SSSR count). The van der Waals surface area contributed by atoms with Crippen LogP contribution in [0, 0.1) is 11.3 Å². The summed E-state index contributed by atoms with van der Waals surface area (Å²) in [6.45, 7) is 1.26. The quantitative estimate of drug-likeness (QED) is 0.765. The molecule has 0 saturated heterocycles. The highest BCUT2D eigenvalue weighted by atomic mass is 16.1. The maximum absolute atomic E-state index is 11.1. The normalized spacial score (nSPS) is 10.9. The van der Waals surface area contributed by atoms with Gasteiger partial charge < -0.3 is 9.97 Å². The number of fused-ring (bicyclic) bond motifs is 1. The minimum absolute atomic E-state index is 0.182. The van der Waals surface area contributed by atoms with E-state index in [0.717, 1.165) is 29.6 Å². The van der Waals surface area contributed by atoms with Crippen LogP contribution in [0.1, 0.15) is 5.56 Å². The molecule has 0 radical (unpaired) electrons. The summed E-state index contributed by atoms with van der Waals surface area (Å²) in [7, 11) is 1.92. The second kappa shape index (κ2) is 4.85. The standard InChI is InChI=1S/C12H14N4O/c1-16(7-5-13)6-4-9-2-3-10-11(8-9)15-12(17)14-10/h2-3,8H,4,6-7H2,1H3,(H2,14,15,17). The number of benzene rings is 1. The molecule has 88 valence electrons. The van der Waals surface area contributed by atoms with E-state index in [-0.39, 0.29) is 5.69 Å². The van der Waals surface area contributed by atoms with E-state index >= 15 is 0 Å². The van der Waals surface area contributed by atoms with Crippen LogP contribution in [0.15, 0.2) is 23.0 Å². The summed E-state index contributed by atoms with van der Waals surface area (Å²) in [5.41, 5.74) is 2.62. The monoisotopic (exact) mass is 230 g/mol. The van der Waals surface area contributed by atoms with Crippen LogP contribution in [0.25, 0.3) is 11.0 Å². The highest BCUT2D eigenvalue weighted by Crippen LogP contribution is 2.10. The number of imidazole rings is 1. The highest BCUT2D eigenvalue weighted by Gasteiger charge is 2.02. The van der Waals surface area contributed by atoms with E-state index < -0.39 is 0 Å². The van der Waals surface area contributed by atoms with Gasteiger partial charge in [0.1, 0.15) is 0 Å². The van der Waals surface area contributed by atoms with Crippen molar-refractivity contribution >= 4 is 11.0 Å². The Hall–Kier alpha value is -2.06. The summed E-state index contributed by atoms with van der Waals surface area (Å²) in [6, 6.07) is 7.96. The molecule has 1 aromatic carbocycles. The molecule has 0 saturated carbocycles. The maximum atomic E-state index is 11.1. The van der Waals surface area contributed by atoms with Gasteiger partial charge in [-0.2, -0.15) is 5.26 Å². The number of nitriles is 1. The summed E-state index contributed by atoms with van der Waals surface area (Å²) in [5.74, 6) is 0. The Labute approximate surface area is 98.7 Å². The first-order valence-corrected chi connectivity index (χ1v) is 5.45. The molecular formula is C12H14N4O. The molecule has 0 spiro atoms. The van der Waals surface area contributed by atoms with Gasteiger partial charge >= 0.3 is 5.69 Å².